The molecule has 0 atom stereocenters. The van der Waals surface area contributed by atoms with Gasteiger partial charge >= 0.3 is 14.5 Å². The third-order valence-electron chi connectivity index (χ3n) is 1.34. The van der Waals surface area contributed by atoms with E-state index < -0.39 is 14.5 Å². The zero-order valence-electron chi connectivity index (χ0n) is 10.2. The van der Waals surface area contributed by atoms with Gasteiger partial charge in [0, 0.05) is 42.7 Å². The minimum Gasteiger partial charge on any atom is -0.312 e. The molecule has 0 rings (SSSR count). The van der Waals surface area contributed by atoms with Crippen LogP contribution in [0.1, 0.15) is 0 Å². The normalized spacial score (nSPS) is 11.9. The molecule has 0 aliphatic rings. The molecule has 0 amide bonds. The van der Waals surface area contributed by atoms with Crippen LogP contribution in [0.5, 0.6) is 0 Å². The summed E-state index contributed by atoms with van der Waals surface area (Å²) in [6, 6.07) is 0. The van der Waals surface area contributed by atoms with Crippen LogP contribution in [0.4, 0.5) is 0 Å². The zero-order valence-corrected chi connectivity index (χ0v) is 12.8. The fourth-order valence-corrected chi connectivity index (χ4v) is 1.34. The lowest BCUT2D eigenvalue weighted by Gasteiger charge is -2.13. The van der Waals surface area contributed by atoms with Crippen LogP contribution in [0.2, 0.25) is 0 Å². The largest absolute Gasteiger partial charge is 0.473 e. The number of hydrogen-bond donors (Lipinski definition) is 0. The second-order valence-corrected chi connectivity index (χ2v) is 7.31. The Balaban J connectivity index is 0. The molecule has 0 saturated carbocycles. The Hall–Kier alpha value is 0.640. The number of phosphoric acid groups is 1. The van der Waals surface area contributed by atoms with Crippen molar-refractivity contribution in [3.05, 3.63) is 0 Å². The van der Waals surface area contributed by atoms with Crippen LogP contribution in [-0.4, -0.2) is 42.7 Å². The van der Waals surface area contributed by atoms with E-state index in [1.807, 2.05) is 0 Å². The predicted octanol–water partition coefficient (Wildman–Crippen LogP) is 2.18. The molecule has 0 aliphatic heterocycles. The fraction of sp³-hybridized carbons (Fsp3) is 1.00. The summed E-state index contributed by atoms with van der Waals surface area (Å²) in [5, 5.41) is 0. The third kappa shape index (κ3) is 7.84. The summed E-state index contributed by atoms with van der Waals surface area (Å²) in [6.45, 7) is -2.33. The van der Waals surface area contributed by atoms with Crippen molar-refractivity contribution in [2.45, 2.75) is 0 Å². The van der Waals surface area contributed by atoms with E-state index >= 15 is 0 Å². The first-order chi connectivity index (χ1) is 7.36. The molecule has 100 valence electrons. The molecule has 0 saturated heterocycles. The molecule has 0 aromatic heterocycles. The summed E-state index contributed by atoms with van der Waals surface area (Å²) in [4.78, 5) is 0. The number of phosphoric ester groups is 1. The molecule has 10 heteroatoms. The molecule has 0 spiro atoms. The highest BCUT2D eigenvalue weighted by atomic mass is 32.5. The average Bonchev–Trinajstić information content (AvgIpc) is 2.37. The first-order valence-electron chi connectivity index (χ1n) is 3.91. The van der Waals surface area contributed by atoms with Gasteiger partial charge in [0.05, 0.1) is 0 Å². The molecule has 7 nitrogen and oxygen atoms in total. The number of hydrogen-bond acceptors (Lipinski definition) is 8. The van der Waals surface area contributed by atoms with Crippen molar-refractivity contribution in [3.63, 3.8) is 0 Å². The van der Waals surface area contributed by atoms with Crippen molar-refractivity contribution in [1.29, 1.82) is 0 Å². The van der Waals surface area contributed by atoms with Gasteiger partial charge < -0.3 is 13.6 Å². The Morgan fingerprint density at radius 2 is 0.938 bits per heavy atom. The van der Waals surface area contributed by atoms with Gasteiger partial charge in [-0.05, 0) is 11.8 Å². The summed E-state index contributed by atoms with van der Waals surface area (Å²) in [5.41, 5.74) is 0. The highest BCUT2D eigenvalue weighted by Gasteiger charge is 2.18. The molecule has 0 fully saturated rings. The summed E-state index contributed by atoms with van der Waals surface area (Å²) < 4.78 is 37.8. The van der Waals surface area contributed by atoms with Crippen molar-refractivity contribution in [3.8, 4) is 0 Å². The summed E-state index contributed by atoms with van der Waals surface area (Å²) >= 11 is 4.75. The fourth-order valence-electron chi connectivity index (χ4n) is 0.447. The lowest BCUT2D eigenvalue weighted by atomic mass is 11.8. The van der Waals surface area contributed by atoms with Gasteiger partial charge in [-0.2, -0.15) is 0 Å². The van der Waals surface area contributed by atoms with Gasteiger partial charge in [0.1, 0.15) is 0 Å². The highest BCUT2D eigenvalue weighted by molar-refractivity contribution is 8.07. The first-order valence-corrected chi connectivity index (χ1v) is 7.93. The van der Waals surface area contributed by atoms with E-state index in [4.69, 9.17) is 25.4 Å². The predicted molar refractivity (Wildman–Crippen MR) is 63.9 cm³/mol. The highest BCUT2D eigenvalue weighted by Crippen LogP contribution is 2.46. The summed E-state index contributed by atoms with van der Waals surface area (Å²) in [6.07, 6.45) is 0. The molecule has 0 radical (unpaired) electrons. The molecule has 16 heavy (non-hydrogen) atoms. The van der Waals surface area contributed by atoms with E-state index in [0.717, 1.165) is 0 Å². The van der Waals surface area contributed by atoms with Crippen LogP contribution in [0.25, 0.3) is 0 Å². The van der Waals surface area contributed by atoms with E-state index in [1.54, 1.807) is 0 Å². The van der Waals surface area contributed by atoms with Gasteiger partial charge in [-0.15, -0.1) is 0 Å². The monoisotopic (exact) mass is 296 g/mol. The molecule has 0 aromatic rings. The quantitative estimate of drug-likeness (QED) is 0.691. The van der Waals surface area contributed by atoms with Crippen molar-refractivity contribution in [1.82, 2.24) is 0 Å². The van der Waals surface area contributed by atoms with Crippen molar-refractivity contribution >= 4 is 26.3 Å². The molecule has 0 bridgehead atoms. The van der Waals surface area contributed by atoms with Crippen molar-refractivity contribution in [2.24, 2.45) is 0 Å². The molecular formula is C6H18O7P2S. The van der Waals surface area contributed by atoms with Crippen LogP contribution >= 0.6 is 14.5 Å². The average molecular weight is 296 g/mol. The minimum atomic E-state index is -3.16. The van der Waals surface area contributed by atoms with Gasteiger partial charge in [-0.25, -0.2) is 4.57 Å². The lowest BCUT2D eigenvalue weighted by molar-refractivity contribution is 0.178. The smallest absolute Gasteiger partial charge is 0.312 e. The molecule has 0 unspecified atom stereocenters. The lowest BCUT2D eigenvalue weighted by Crippen LogP contribution is -1.88. The maximum atomic E-state index is 10.7. The Morgan fingerprint density at radius 1 is 0.688 bits per heavy atom. The van der Waals surface area contributed by atoms with Gasteiger partial charge in [0.25, 0.3) is 0 Å². The van der Waals surface area contributed by atoms with Crippen LogP contribution in [0.3, 0.4) is 0 Å². The SMILES string of the molecule is COP(=O)(OC)OC.COP(=S)(OC)OC. The van der Waals surface area contributed by atoms with Crippen molar-refractivity contribution < 1.29 is 31.7 Å². The van der Waals surface area contributed by atoms with Crippen LogP contribution in [0.15, 0.2) is 0 Å². The minimum absolute atomic E-state index is 1.26. The van der Waals surface area contributed by atoms with Gasteiger partial charge in [-0.1, -0.05) is 0 Å². The number of rotatable bonds is 6. The van der Waals surface area contributed by atoms with Crippen LogP contribution in [0, 0.1) is 0 Å². The van der Waals surface area contributed by atoms with Crippen LogP contribution in [-0.2, 0) is 43.5 Å². The van der Waals surface area contributed by atoms with Gasteiger partial charge in [-0.3, -0.25) is 13.6 Å². The molecule has 0 heterocycles. The maximum absolute atomic E-state index is 10.7. The molecule has 0 aliphatic carbocycles. The second-order valence-electron chi connectivity index (χ2n) is 1.99. The van der Waals surface area contributed by atoms with E-state index in [-0.39, 0.29) is 0 Å². The van der Waals surface area contributed by atoms with E-state index in [0.29, 0.717) is 0 Å². The molecular weight excluding hydrogens is 278 g/mol. The van der Waals surface area contributed by atoms with Gasteiger partial charge in [0.2, 0.25) is 0 Å². The van der Waals surface area contributed by atoms with Crippen molar-refractivity contribution in [2.75, 3.05) is 42.7 Å². The Kier molecular flexibility index (Phi) is 11.5. The maximum Gasteiger partial charge on any atom is 0.473 e. The standard InChI is InChI=1S/C3H9O4P.C3H9O3PS/c1-5-8(4,6-2)7-3;1-4-7(8,5-2)6-3/h2*1-3H3. The van der Waals surface area contributed by atoms with Gasteiger partial charge in [0.15, 0.2) is 0 Å². The second kappa shape index (κ2) is 9.65. The Labute approximate surface area is 101 Å². The summed E-state index contributed by atoms with van der Waals surface area (Å²) in [7, 11) is 5.01. The summed E-state index contributed by atoms with van der Waals surface area (Å²) in [5.74, 6) is 0. The molecule has 0 N–H and O–H groups in total. The Morgan fingerprint density at radius 3 is 0.938 bits per heavy atom. The van der Waals surface area contributed by atoms with E-state index in [9.17, 15) is 4.57 Å². The molecule has 0 aromatic carbocycles. The van der Waals surface area contributed by atoms with E-state index in [1.165, 1.54) is 42.7 Å². The third-order valence-corrected chi connectivity index (χ3v) is 5.37. The first kappa shape index (κ1) is 19.0. The van der Waals surface area contributed by atoms with E-state index in [2.05, 4.69) is 13.6 Å². The van der Waals surface area contributed by atoms with Crippen LogP contribution < -0.4 is 0 Å². The Bertz CT molecular complexity index is 195. The zero-order chi connectivity index (χ0) is 13.2. The topological polar surface area (TPSA) is 72.5 Å².